The summed E-state index contributed by atoms with van der Waals surface area (Å²) in [6.07, 6.45) is 4.66. The first-order valence-electron chi connectivity index (χ1n) is 9.72. The van der Waals surface area contributed by atoms with Crippen LogP contribution in [0.3, 0.4) is 0 Å². The summed E-state index contributed by atoms with van der Waals surface area (Å²) in [5.41, 5.74) is 2.58. The van der Waals surface area contributed by atoms with E-state index < -0.39 is 0 Å². The summed E-state index contributed by atoms with van der Waals surface area (Å²) >= 11 is 0. The molecular formula is C23H29NO5. The number of phenolic OH excluding ortho intramolecular Hbond substituents is 1. The van der Waals surface area contributed by atoms with E-state index in [0.717, 1.165) is 36.4 Å². The van der Waals surface area contributed by atoms with E-state index in [0.29, 0.717) is 36.8 Å². The molecule has 0 spiro atoms. The van der Waals surface area contributed by atoms with Gasteiger partial charge in [0.1, 0.15) is 23.0 Å². The van der Waals surface area contributed by atoms with Crippen LogP contribution in [0.15, 0.2) is 36.4 Å². The number of aromatic hydroxyl groups is 1. The van der Waals surface area contributed by atoms with E-state index in [1.54, 1.807) is 21.3 Å². The largest absolute Gasteiger partial charge is 0.507 e. The maximum absolute atomic E-state index is 11.0. The molecule has 2 aromatic carbocycles. The predicted molar refractivity (Wildman–Crippen MR) is 113 cm³/mol. The molecule has 1 saturated heterocycles. The Kier molecular flexibility index (Phi) is 7.38. The van der Waals surface area contributed by atoms with Gasteiger partial charge in [0.15, 0.2) is 0 Å². The van der Waals surface area contributed by atoms with Crippen molar-refractivity contribution in [3.63, 3.8) is 0 Å². The highest BCUT2D eigenvalue weighted by Gasteiger charge is 2.21. The van der Waals surface area contributed by atoms with Gasteiger partial charge in [0, 0.05) is 25.7 Å². The van der Waals surface area contributed by atoms with Crippen LogP contribution in [0.1, 0.15) is 16.7 Å². The van der Waals surface area contributed by atoms with E-state index >= 15 is 0 Å². The number of hydrogen-bond acceptors (Lipinski definition) is 6. The number of morpholine rings is 1. The Morgan fingerprint density at radius 2 is 1.69 bits per heavy atom. The maximum Gasteiger partial charge on any atom is 0.134 e. The average Bonchev–Trinajstić information content (AvgIpc) is 2.77. The highest BCUT2D eigenvalue weighted by molar-refractivity contribution is 5.69. The SMILES string of the molecule is COc1ccc(C/C=C/c2c(OC)cc(OC)c(CN3CCOCC3)c2O)cc1. The van der Waals surface area contributed by atoms with Gasteiger partial charge in [-0.05, 0) is 24.1 Å². The second-order valence-electron chi connectivity index (χ2n) is 6.87. The van der Waals surface area contributed by atoms with E-state index in [2.05, 4.69) is 4.90 Å². The van der Waals surface area contributed by atoms with E-state index in [4.69, 9.17) is 18.9 Å². The molecule has 1 aliphatic rings. The topological polar surface area (TPSA) is 60.4 Å². The number of hydrogen-bond donors (Lipinski definition) is 1. The van der Waals surface area contributed by atoms with Crippen LogP contribution < -0.4 is 14.2 Å². The average molecular weight is 399 g/mol. The molecular weight excluding hydrogens is 370 g/mol. The second kappa shape index (κ2) is 10.2. The van der Waals surface area contributed by atoms with Crippen molar-refractivity contribution in [2.24, 2.45) is 0 Å². The first-order chi connectivity index (χ1) is 14.2. The van der Waals surface area contributed by atoms with Gasteiger partial charge in [0.05, 0.1) is 45.7 Å². The van der Waals surface area contributed by atoms with Crippen molar-refractivity contribution >= 4 is 6.08 Å². The van der Waals surface area contributed by atoms with Gasteiger partial charge in [-0.15, -0.1) is 0 Å². The van der Waals surface area contributed by atoms with Crippen molar-refractivity contribution in [1.29, 1.82) is 0 Å². The zero-order chi connectivity index (χ0) is 20.6. The van der Waals surface area contributed by atoms with Gasteiger partial charge in [0.2, 0.25) is 0 Å². The number of ether oxygens (including phenoxy) is 4. The molecule has 2 aromatic rings. The number of benzene rings is 2. The van der Waals surface area contributed by atoms with Crippen LogP contribution in [-0.2, 0) is 17.7 Å². The van der Waals surface area contributed by atoms with Crippen LogP contribution in [0.5, 0.6) is 23.0 Å². The van der Waals surface area contributed by atoms with Crippen molar-refractivity contribution in [2.75, 3.05) is 47.6 Å². The summed E-state index contributed by atoms with van der Waals surface area (Å²) in [5.74, 6) is 2.23. The van der Waals surface area contributed by atoms with Crippen LogP contribution in [0, 0.1) is 0 Å². The summed E-state index contributed by atoms with van der Waals surface area (Å²) in [4.78, 5) is 2.25. The minimum atomic E-state index is 0.193. The minimum absolute atomic E-state index is 0.193. The Morgan fingerprint density at radius 1 is 1.00 bits per heavy atom. The van der Waals surface area contributed by atoms with Crippen LogP contribution in [0.2, 0.25) is 0 Å². The summed E-state index contributed by atoms with van der Waals surface area (Å²) in [7, 11) is 4.86. The lowest BCUT2D eigenvalue weighted by Gasteiger charge is -2.28. The van der Waals surface area contributed by atoms with Crippen molar-refractivity contribution in [3.8, 4) is 23.0 Å². The maximum atomic E-state index is 11.0. The zero-order valence-electron chi connectivity index (χ0n) is 17.3. The standard InChI is InChI=1S/C23H29NO5/c1-26-18-9-7-17(8-10-18)5-4-6-19-21(27-2)15-22(28-3)20(23(19)25)16-24-11-13-29-14-12-24/h4,6-10,15,25H,5,11-14,16H2,1-3H3/b6-4+. The Hall–Kier alpha value is -2.70. The molecule has 0 bridgehead atoms. The minimum Gasteiger partial charge on any atom is -0.507 e. The fourth-order valence-electron chi connectivity index (χ4n) is 3.40. The van der Waals surface area contributed by atoms with Crippen LogP contribution >= 0.6 is 0 Å². The van der Waals surface area contributed by atoms with Crippen LogP contribution in [0.25, 0.3) is 6.08 Å². The number of phenols is 1. The molecule has 1 heterocycles. The number of nitrogens with zero attached hydrogens (tertiary/aromatic N) is 1. The van der Waals surface area contributed by atoms with Gasteiger partial charge in [-0.2, -0.15) is 0 Å². The molecule has 0 unspecified atom stereocenters. The number of rotatable bonds is 8. The quantitative estimate of drug-likeness (QED) is 0.733. The molecule has 1 fully saturated rings. The fourth-order valence-corrected chi connectivity index (χ4v) is 3.40. The molecule has 0 saturated carbocycles. The summed E-state index contributed by atoms with van der Waals surface area (Å²) in [6, 6.07) is 9.77. The summed E-state index contributed by atoms with van der Waals surface area (Å²) < 4.78 is 21.6. The third-order valence-corrected chi connectivity index (χ3v) is 5.09. The first kappa shape index (κ1) is 21.0. The van der Waals surface area contributed by atoms with Gasteiger partial charge in [-0.3, -0.25) is 4.90 Å². The predicted octanol–water partition coefficient (Wildman–Crippen LogP) is 3.51. The van der Waals surface area contributed by atoms with E-state index in [-0.39, 0.29) is 5.75 Å². The van der Waals surface area contributed by atoms with Crippen LogP contribution in [-0.4, -0.2) is 57.6 Å². The molecule has 6 nitrogen and oxygen atoms in total. The van der Waals surface area contributed by atoms with Gasteiger partial charge in [0.25, 0.3) is 0 Å². The van der Waals surface area contributed by atoms with Crippen LogP contribution in [0.4, 0.5) is 0 Å². The second-order valence-corrected chi connectivity index (χ2v) is 6.87. The van der Waals surface area contributed by atoms with Gasteiger partial charge in [-0.1, -0.05) is 24.3 Å². The summed E-state index contributed by atoms with van der Waals surface area (Å²) in [5, 5.41) is 11.0. The monoisotopic (exact) mass is 399 g/mol. The molecule has 3 rings (SSSR count). The summed E-state index contributed by atoms with van der Waals surface area (Å²) in [6.45, 7) is 3.66. The molecule has 156 valence electrons. The normalized spacial score (nSPS) is 14.9. The number of methoxy groups -OCH3 is 3. The Labute approximate surface area is 172 Å². The van der Waals surface area contributed by atoms with Crippen molar-refractivity contribution in [1.82, 2.24) is 4.90 Å². The molecule has 0 aliphatic carbocycles. The highest BCUT2D eigenvalue weighted by Crippen LogP contribution is 2.40. The van der Waals surface area contributed by atoms with E-state index in [1.807, 2.05) is 42.5 Å². The molecule has 0 atom stereocenters. The molecule has 0 aromatic heterocycles. The number of allylic oxidation sites excluding steroid dienone is 1. The molecule has 0 amide bonds. The molecule has 0 radical (unpaired) electrons. The van der Waals surface area contributed by atoms with E-state index in [1.165, 1.54) is 0 Å². The third-order valence-electron chi connectivity index (χ3n) is 5.09. The van der Waals surface area contributed by atoms with Crippen molar-refractivity contribution in [2.45, 2.75) is 13.0 Å². The lowest BCUT2D eigenvalue weighted by atomic mass is 10.0. The highest BCUT2D eigenvalue weighted by atomic mass is 16.5. The Balaban J connectivity index is 1.84. The lowest BCUT2D eigenvalue weighted by molar-refractivity contribution is 0.0335. The smallest absolute Gasteiger partial charge is 0.134 e. The Bertz CT molecular complexity index is 826. The fraction of sp³-hybridized carbons (Fsp3) is 0.391. The molecule has 29 heavy (non-hydrogen) atoms. The zero-order valence-corrected chi connectivity index (χ0v) is 17.3. The van der Waals surface area contributed by atoms with E-state index in [9.17, 15) is 5.11 Å². The van der Waals surface area contributed by atoms with Gasteiger partial charge < -0.3 is 24.1 Å². The van der Waals surface area contributed by atoms with Gasteiger partial charge >= 0.3 is 0 Å². The van der Waals surface area contributed by atoms with Crippen molar-refractivity contribution < 1.29 is 24.1 Å². The molecule has 1 aliphatic heterocycles. The third kappa shape index (κ3) is 5.22. The van der Waals surface area contributed by atoms with Crippen molar-refractivity contribution in [3.05, 3.63) is 53.1 Å². The molecule has 6 heteroatoms. The molecule has 1 N–H and O–H groups in total. The first-order valence-corrected chi connectivity index (χ1v) is 9.72. The Morgan fingerprint density at radius 3 is 2.31 bits per heavy atom. The lowest BCUT2D eigenvalue weighted by Crippen LogP contribution is -2.35. The van der Waals surface area contributed by atoms with Gasteiger partial charge in [-0.25, -0.2) is 0 Å².